The topological polar surface area (TPSA) is 105 Å². The first-order chi connectivity index (χ1) is 10.2. The lowest BCUT2D eigenvalue weighted by molar-refractivity contribution is -0.122. The molecule has 2 atom stereocenters. The summed E-state index contributed by atoms with van der Waals surface area (Å²) in [5.41, 5.74) is 0.956. The number of aryl methyl sites for hydroxylation is 2. The minimum atomic E-state index is -3.79. The van der Waals surface area contributed by atoms with Crippen molar-refractivity contribution in [3.05, 3.63) is 11.4 Å². The summed E-state index contributed by atoms with van der Waals surface area (Å²) in [6, 6.07) is -0.786. The number of carbonyl (C=O) groups excluding carboxylic acids is 1. The Morgan fingerprint density at radius 2 is 2.09 bits per heavy atom. The lowest BCUT2D eigenvalue weighted by Gasteiger charge is -2.17. The molecule has 23 heavy (non-hydrogen) atoms. The molecule has 1 fully saturated rings. The van der Waals surface area contributed by atoms with Crippen LogP contribution < -0.4 is 15.4 Å². The van der Waals surface area contributed by atoms with Gasteiger partial charge in [0.25, 0.3) is 0 Å². The second-order valence-electron chi connectivity index (χ2n) is 5.66. The number of rotatable bonds is 5. The van der Waals surface area contributed by atoms with Gasteiger partial charge in [-0.15, -0.1) is 12.4 Å². The fraction of sp³-hybridized carbons (Fsp3) is 0.692. The molecule has 2 rings (SSSR count). The highest BCUT2D eigenvalue weighted by Crippen LogP contribution is 2.18. The van der Waals surface area contributed by atoms with Gasteiger partial charge in [-0.2, -0.15) is 9.82 Å². The fourth-order valence-electron chi connectivity index (χ4n) is 2.59. The number of nitrogens with one attached hydrogen (secondary N) is 3. The molecular weight excluding hydrogens is 342 g/mol. The van der Waals surface area contributed by atoms with Crippen molar-refractivity contribution in [2.45, 2.75) is 44.2 Å². The van der Waals surface area contributed by atoms with Crippen LogP contribution in [0.5, 0.6) is 0 Å². The molecule has 2 unspecified atom stereocenters. The standard InChI is InChI=1S/C13H23N5O3S.ClH/c1-8-12(10(3)18(4)16-8)22(20,21)17-9(2)13(19)15-11-5-6-14-7-11;/h9,11,14,17H,5-7H2,1-4H3,(H,15,19);1H. The Morgan fingerprint density at radius 1 is 1.43 bits per heavy atom. The average molecular weight is 366 g/mol. The molecule has 0 spiro atoms. The molecule has 132 valence electrons. The lowest BCUT2D eigenvalue weighted by atomic mass is 10.2. The van der Waals surface area contributed by atoms with Crippen LogP contribution in [0, 0.1) is 13.8 Å². The van der Waals surface area contributed by atoms with Crippen LogP contribution in [0.2, 0.25) is 0 Å². The third-order valence-corrected chi connectivity index (χ3v) is 5.64. The first-order valence-electron chi connectivity index (χ1n) is 7.26. The molecule has 0 saturated carbocycles. The quantitative estimate of drug-likeness (QED) is 0.658. The molecule has 0 radical (unpaired) electrons. The number of amides is 1. The SMILES string of the molecule is Cc1nn(C)c(C)c1S(=O)(=O)NC(C)C(=O)NC1CCNC1.Cl. The van der Waals surface area contributed by atoms with Gasteiger partial charge in [0.2, 0.25) is 15.9 Å². The maximum atomic E-state index is 12.5. The van der Waals surface area contributed by atoms with Crippen molar-refractivity contribution >= 4 is 28.3 Å². The summed E-state index contributed by atoms with van der Waals surface area (Å²) >= 11 is 0. The fourth-order valence-corrected chi connectivity index (χ4v) is 4.23. The van der Waals surface area contributed by atoms with Crippen LogP contribution in [0.1, 0.15) is 24.7 Å². The lowest BCUT2D eigenvalue weighted by Crippen LogP contribution is -2.48. The Labute approximate surface area is 142 Å². The van der Waals surface area contributed by atoms with Crippen molar-refractivity contribution in [1.29, 1.82) is 0 Å². The molecule has 0 aliphatic carbocycles. The van der Waals surface area contributed by atoms with E-state index in [0.29, 0.717) is 17.9 Å². The second-order valence-corrected chi connectivity index (χ2v) is 7.32. The molecular formula is C13H24ClN5O3S. The molecule has 1 amide bonds. The highest BCUT2D eigenvalue weighted by Gasteiger charge is 2.28. The van der Waals surface area contributed by atoms with Crippen molar-refractivity contribution in [2.75, 3.05) is 13.1 Å². The zero-order chi connectivity index (χ0) is 16.5. The average Bonchev–Trinajstić information content (AvgIpc) is 2.98. The summed E-state index contributed by atoms with van der Waals surface area (Å²) in [6.07, 6.45) is 0.853. The van der Waals surface area contributed by atoms with E-state index in [4.69, 9.17) is 0 Å². The Balaban J connectivity index is 0.00000264. The van der Waals surface area contributed by atoms with Crippen molar-refractivity contribution in [3.63, 3.8) is 0 Å². The number of hydrogen-bond donors (Lipinski definition) is 3. The Morgan fingerprint density at radius 3 is 2.57 bits per heavy atom. The third-order valence-electron chi connectivity index (χ3n) is 3.84. The Bertz CT molecular complexity index is 667. The van der Waals surface area contributed by atoms with Crippen LogP contribution in [0.25, 0.3) is 0 Å². The second kappa shape index (κ2) is 7.61. The first kappa shape index (κ1) is 19.9. The molecule has 1 aromatic rings. The molecule has 0 aromatic carbocycles. The Kier molecular flexibility index (Phi) is 6.58. The number of nitrogens with zero attached hydrogens (tertiary/aromatic N) is 2. The monoisotopic (exact) mass is 365 g/mol. The summed E-state index contributed by atoms with van der Waals surface area (Å²) in [7, 11) is -2.10. The first-order valence-corrected chi connectivity index (χ1v) is 8.74. The largest absolute Gasteiger partial charge is 0.351 e. The summed E-state index contributed by atoms with van der Waals surface area (Å²) in [5, 5.41) is 10.1. The van der Waals surface area contributed by atoms with Crippen molar-refractivity contribution < 1.29 is 13.2 Å². The van der Waals surface area contributed by atoms with Crippen LogP contribution in [0.15, 0.2) is 4.90 Å². The van der Waals surface area contributed by atoms with Gasteiger partial charge in [0.05, 0.1) is 17.4 Å². The number of carbonyl (C=O) groups is 1. The minimum absolute atomic E-state index is 0. The van der Waals surface area contributed by atoms with E-state index in [1.165, 1.54) is 11.6 Å². The van der Waals surface area contributed by atoms with E-state index in [1.54, 1.807) is 20.9 Å². The van der Waals surface area contributed by atoms with E-state index in [-0.39, 0.29) is 29.3 Å². The molecule has 1 aromatic heterocycles. The van der Waals surface area contributed by atoms with Gasteiger partial charge in [0, 0.05) is 19.6 Å². The molecule has 10 heteroatoms. The molecule has 1 saturated heterocycles. The molecule has 2 heterocycles. The minimum Gasteiger partial charge on any atom is -0.351 e. The third kappa shape index (κ3) is 4.43. The number of halogens is 1. The molecule has 8 nitrogen and oxygen atoms in total. The maximum absolute atomic E-state index is 12.5. The highest BCUT2D eigenvalue weighted by atomic mass is 35.5. The van der Waals surface area contributed by atoms with E-state index in [2.05, 4.69) is 20.5 Å². The van der Waals surface area contributed by atoms with E-state index in [0.717, 1.165) is 13.0 Å². The highest BCUT2D eigenvalue weighted by molar-refractivity contribution is 7.89. The summed E-state index contributed by atoms with van der Waals surface area (Å²) in [6.45, 7) is 6.43. The van der Waals surface area contributed by atoms with Gasteiger partial charge in [0.1, 0.15) is 4.90 Å². The smallest absolute Gasteiger partial charge is 0.244 e. The van der Waals surface area contributed by atoms with Gasteiger partial charge in [-0.3, -0.25) is 9.48 Å². The molecule has 3 N–H and O–H groups in total. The van der Waals surface area contributed by atoms with Crippen LogP contribution in [-0.2, 0) is 21.9 Å². The van der Waals surface area contributed by atoms with Crippen molar-refractivity contribution in [3.8, 4) is 0 Å². The summed E-state index contributed by atoms with van der Waals surface area (Å²) in [4.78, 5) is 12.2. The van der Waals surface area contributed by atoms with E-state index < -0.39 is 16.1 Å². The van der Waals surface area contributed by atoms with Gasteiger partial charge in [-0.05, 0) is 33.7 Å². The zero-order valence-corrected chi connectivity index (χ0v) is 15.3. The van der Waals surface area contributed by atoms with Gasteiger partial charge < -0.3 is 10.6 Å². The van der Waals surface area contributed by atoms with Gasteiger partial charge in [0.15, 0.2) is 0 Å². The molecule has 0 bridgehead atoms. The van der Waals surface area contributed by atoms with E-state index in [1.807, 2.05) is 0 Å². The van der Waals surface area contributed by atoms with Gasteiger partial charge >= 0.3 is 0 Å². The van der Waals surface area contributed by atoms with Gasteiger partial charge in [-0.25, -0.2) is 8.42 Å². The van der Waals surface area contributed by atoms with E-state index in [9.17, 15) is 13.2 Å². The van der Waals surface area contributed by atoms with Gasteiger partial charge in [-0.1, -0.05) is 0 Å². The van der Waals surface area contributed by atoms with E-state index >= 15 is 0 Å². The van der Waals surface area contributed by atoms with Crippen molar-refractivity contribution in [2.24, 2.45) is 7.05 Å². The number of hydrogen-bond acceptors (Lipinski definition) is 5. The summed E-state index contributed by atoms with van der Waals surface area (Å²) < 4.78 is 28.9. The maximum Gasteiger partial charge on any atom is 0.244 e. The number of sulfonamides is 1. The molecule has 1 aliphatic rings. The Hall–Kier alpha value is -1.16. The van der Waals surface area contributed by atoms with Crippen LogP contribution in [-0.4, -0.2) is 49.3 Å². The zero-order valence-electron chi connectivity index (χ0n) is 13.7. The van der Waals surface area contributed by atoms with Crippen LogP contribution in [0.4, 0.5) is 0 Å². The van der Waals surface area contributed by atoms with Crippen LogP contribution >= 0.6 is 12.4 Å². The molecule has 1 aliphatic heterocycles. The predicted molar refractivity (Wildman–Crippen MR) is 89.1 cm³/mol. The van der Waals surface area contributed by atoms with Crippen molar-refractivity contribution in [1.82, 2.24) is 25.1 Å². The number of aromatic nitrogens is 2. The normalized spacial score (nSPS) is 19.2. The predicted octanol–water partition coefficient (Wildman–Crippen LogP) is -0.396. The van der Waals surface area contributed by atoms with Crippen LogP contribution in [0.3, 0.4) is 0 Å². The summed E-state index contributed by atoms with van der Waals surface area (Å²) in [5.74, 6) is -0.323.